The summed E-state index contributed by atoms with van der Waals surface area (Å²) >= 11 is 0. The van der Waals surface area contributed by atoms with Gasteiger partial charge in [-0.15, -0.1) is 0 Å². The van der Waals surface area contributed by atoms with Gasteiger partial charge in [-0.2, -0.15) is 5.26 Å². The number of nitrogens with zero attached hydrogens (tertiary/aromatic N) is 2. The summed E-state index contributed by atoms with van der Waals surface area (Å²) in [6.45, 7) is 5.79. The summed E-state index contributed by atoms with van der Waals surface area (Å²) in [5.74, 6) is -0.511. The predicted molar refractivity (Wildman–Crippen MR) is 80.7 cm³/mol. The molecule has 5 nitrogen and oxygen atoms in total. The van der Waals surface area contributed by atoms with E-state index in [4.69, 9.17) is 10.00 Å². The van der Waals surface area contributed by atoms with Crippen molar-refractivity contribution in [2.75, 3.05) is 7.11 Å². The van der Waals surface area contributed by atoms with Gasteiger partial charge in [-0.1, -0.05) is 26.8 Å². The van der Waals surface area contributed by atoms with Crippen molar-refractivity contribution in [3.8, 4) is 6.07 Å². The van der Waals surface area contributed by atoms with Crippen molar-refractivity contribution in [1.29, 1.82) is 5.26 Å². The molecule has 5 heteroatoms. The summed E-state index contributed by atoms with van der Waals surface area (Å²) in [6.07, 6.45) is 0.412. The zero-order valence-electron chi connectivity index (χ0n) is 13.3. The Labute approximate surface area is 130 Å². The van der Waals surface area contributed by atoms with Crippen LogP contribution in [0.5, 0.6) is 0 Å². The Hall–Kier alpha value is -2.35. The van der Waals surface area contributed by atoms with Crippen LogP contribution in [0.3, 0.4) is 0 Å². The molecular weight excluding hydrogens is 280 g/mol. The number of carbonyl (C=O) groups excluding carboxylic acids is 2. The molecular formula is C17H20N2O3. The van der Waals surface area contributed by atoms with Gasteiger partial charge >= 0.3 is 5.97 Å². The number of rotatable bonds is 1. The summed E-state index contributed by atoms with van der Waals surface area (Å²) < 4.78 is 4.86. The third-order valence-corrected chi connectivity index (χ3v) is 3.84. The van der Waals surface area contributed by atoms with Gasteiger partial charge in [0.05, 0.1) is 18.7 Å². The molecule has 1 aromatic rings. The first-order valence-corrected chi connectivity index (χ1v) is 7.18. The van der Waals surface area contributed by atoms with Gasteiger partial charge in [0.15, 0.2) is 0 Å². The first kappa shape index (κ1) is 16.0. The Kier molecular flexibility index (Phi) is 4.23. The minimum atomic E-state index is -0.614. The Balaban J connectivity index is 2.43. The van der Waals surface area contributed by atoms with Crippen molar-refractivity contribution in [3.63, 3.8) is 0 Å². The van der Waals surface area contributed by atoms with E-state index in [1.54, 1.807) is 17.0 Å². The molecule has 0 aliphatic carbocycles. The van der Waals surface area contributed by atoms with Gasteiger partial charge < -0.3 is 9.64 Å². The molecule has 1 aliphatic heterocycles. The Morgan fingerprint density at radius 1 is 1.32 bits per heavy atom. The number of nitriles is 1. The monoisotopic (exact) mass is 300 g/mol. The van der Waals surface area contributed by atoms with Crippen molar-refractivity contribution in [1.82, 2.24) is 4.90 Å². The highest BCUT2D eigenvalue weighted by molar-refractivity contribution is 5.88. The Bertz CT molecular complexity index is 653. The highest BCUT2D eigenvalue weighted by Gasteiger charge is 2.39. The standard InChI is InChI=1S/C17H20N2O3/c1-17(2,3)16(21)19-10-13-7-11(9-18)5-6-12(13)8-14(19)15(20)22-4/h5-7,14H,8,10H2,1-4H3/t14-/m0/s1. The average Bonchev–Trinajstić information content (AvgIpc) is 2.50. The van der Waals surface area contributed by atoms with Crippen molar-refractivity contribution < 1.29 is 14.3 Å². The molecule has 116 valence electrons. The molecule has 2 rings (SSSR count). The summed E-state index contributed by atoms with van der Waals surface area (Å²) in [6, 6.07) is 6.85. The second kappa shape index (κ2) is 5.80. The normalized spacial score (nSPS) is 17.4. The number of ether oxygens (including phenoxy) is 1. The van der Waals surface area contributed by atoms with Gasteiger partial charge in [-0.3, -0.25) is 4.79 Å². The number of amides is 1. The lowest BCUT2D eigenvalue weighted by molar-refractivity contribution is -0.157. The first-order chi connectivity index (χ1) is 10.3. The van der Waals surface area contributed by atoms with E-state index in [1.165, 1.54) is 7.11 Å². The van der Waals surface area contributed by atoms with Crippen LogP contribution in [0, 0.1) is 16.7 Å². The van der Waals surface area contributed by atoms with E-state index in [1.807, 2.05) is 26.8 Å². The summed E-state index contributed by atoms with van der Waals surface area (Å²) in [4.78, 5) is 26.3. The number of methoxy groups -OCH3 is 1. The van der Waals surface area contributed by atoms with Gasteiger partial charge in [0.25, 0.3) is 0 Å². The fourth-order valence-electron chi connectivity index (χ4n) is 2.64. The first-order valence-electron chi connectivity index (χ1n) is 7.18. The van der Waals surface area contributed by atoms with Crippen LogP contribution in [0.1, 0.15) is 37.5 Å². The van der Waals surface area contributed by atoms with Crippen LogP contribution >= 0.6 is 0 Å². The predicted octanol–water partition coefficient (Wildman–Crippen LogP) is 2.03. The lowest BCUT2D eigenvalue weighted by Gasteiger charge is -2.38. The highest BCUT2D eigenvalue weighted by atomic mass is 16.5. The number of benzene rings is 1. The van der Waals surface area contributed by atoms with Gasteiger partial charge in [0.1, 0.15) is 6.04 Å². The molecule has 1 heterocycles. The Morgan fingerprint density at radius 3 is 2.55 bits per heavy atom. The van der Waals surface area contributed by atoms with Crippen LogP contribution < -0.4 is 0 Å². The molecule has 1 amide bonds. The van der Waals surface area contributed by atoms with Crippen molar-refractivity contribution >= 4 is 11.9 Å². The Morgan fingerprint density at radius 2 is 2.00 bits per heavy atom. The molecule has 0 radical (unpaired) electrons. The summed E-state index contributed by atoms with van der Waals surface area (Å²) in [5, 5.41) is 9.02. The number of hydrogen-bond donors (Lipinski definition) is 0. The molecule has 0 unspecified atom stereocenters. The molecule has 0 fully saturated rings. The van der Waals surface area contributed by atoms with E-state index < -0.39 is 17.4 Å². The number of esters is 1. The molecule has 1 aromatic carbocycles. The maximum Gasteiger partial charge on any atom is 0.328 e. The summed E-state index contributed by atoms with van der Waals surface area (Å²) in [7, 11) is 1.33. The smallest absolute Gasteiger partial charge is 0.328 e. The zero-order valence-corrected chi connectivity index (χ0v) is 13.3. The molecule has 0 saturated carbocycles. The maximum atomic E-state index is 12.7. The lowest BCUT2D eigenvalue weighted by Crippen LogP contribution is -2.52. The molecule has 0 saturated heterocycles. The second-order valence-corrected chi connectivity index (χ2v) is 6.52. The van der Waals surface area contributed by atoms with Crippen molar-refractivity contribution in [2.45, 2.75) is 39.8 Å². The molecule has 0 aromatic heterocycles. The highest BCUT2D eigenvalue weighted by Crippen LogP contribution is 2.29. The topological polar surface area (TPSA) is 70.4 Å². The number of hydrogen-bond acceptors (Lipinski definition) is 4. The average molecular weight is 300 g/mol. The van der Waals surface area contributed by atoms with Crippen LogP contribution in [0.2, 0.25) is 0 Å². The van der Waals surface area contributed by atoms with E-state index in [0.29, 0.717) is 18.5 Å². The van der Waals surface area contributed by atoms with E-state index in [-0.39, 0.29) is 5.91 Å². The van der Waals surface area contributed by atoms with Gasteiger partial charge in [-0.05, 0) is 23.3 Å². The van der Waals surface area contributed by atoms with Crippen LogP contribution in [-0.2, 0) is 27.3 Å². The van der Waals surface area contributed by atoms with E-state index in [2.05, 4.69) is 6.07 Å². The largest absolute Gasteiger partial charge is 0.467 e. The molecule has 0 N–H and O–H groups in total. The number of fused-ring (bicyclic) bond motifs is 1. The minimum Gasteiger partial charge on any atom is -0.467 e. The van der Waals surface area contributed by atoms with Gasteiger partial charge in [0.2, 0.25) is 5.91 Å². The third kappa shape index (κ3) is 2.96. The van der Waals surface area contributed by atoms with E-state index >= 15 is 0 Å². The van der Waals surface area contributed by atoms with Crippen LogP contribution in [0.15, 0.2) is 18.2 Å². The second-order valence-electron chi connectivity index (χ2n) is 6.52. The van der Waals surface area contributed by atoms with Crippen LogP contribution in [0.4, 0.5) is 0 Å². The quantitative estimate of drug-likeness (QED) is 0.744. The fourth-order valence-corrected chi connectivity index (χ4v) is 2.64. The van der Waals surface area contributed by atoms with E-state index in [0.717, 1.165) is 11.1 Å². The molecule has 1 aliphatic rings. The van der Waals surface area contributed by atoms with E-state index in [9.17, 15) is 9.59 Å². The molecule has 22 heavy (non-hydrogen) atoms. The summed E-state index contributed by atoms with van der Waals surface area (Å²) in [5.41, 5.74) is 1.86. The van der Waals surface area contributed by atoms with Crippen LogP contribution in [-0.4, -0.2) is 29.9 Å². The van der Waals surface area contributed by atoms with Crippen molar-refractivity contribution in [3.05, 3.63) is 34.9 Å². The lowest BCUT2D eigenvalue weighted by atomic mass is 9.88. The fraction of sp³-hybridized carbons (Fsp3) is 0.471. The van der Waals surface area contributed by atoms with Crippen LogP contribution in [0.25, 0.3) is 0 Å². The van der Waals surface area contributed by atoms with Crippen molar-refractivity contribution in [2.24, 2.45) is 5.41 Å². The van der Waals surface area contributed by atoms with Gasteiger partial charge in [-0.25, -0.2) is 4.79 Å². The minimum absolute atomic E-state index is 0.101. The molecule has 1 atom stereocenters. The number of carbonyl (C=O) groups is 2. The van der Waals surface area contributed by atoms with Gasteiger partial charge in [0, 0.05) is 18.4 Å². The maximum absolute atomic E-state index is 12.7. The SMILES string of the molecule is COC(=O)[C@@H]1Cc2ccc(C#N)cc2CN1C(=O)C(C)(C)C. The third-order valence-electron chi connectivity index (χ3n) is 3.84. The molecule has 0 spiro atoms. The molecule has 0 bridgehead atoms. The zero-order chi connectivity index (χ0) is 16.5.